The maximum absolute atomic E-state index is 12.3. The van der Waals surface area contributed by atoms with Gasteiger partial charge in [-0.3, -0.25) is 0 Å². The van der Waals surface area contributed by atoms with Crippen LogP contribution >= 0.6 is 0 Å². The topological polar surface area (TPSA) is 75.9 Å². The molecule has 0 amide bonds. The summed E-state index contributed by atoms with van der Waals surface area (Å²) in [6.07, 6.45) is 0. The van der Waals surface area contributed by atoms with Crippen LogP contribution in [0.3, 0.4) is 0 Å². The average molecular weight is 315 g/mol. The number of sulfonamides is 1. The Kier molecular flexibility index (Phi) is 6.44. The zero-order valence-corrected chi connectivity index (χ0v) is 14.0. The Morgan fingerprint density at radius 2 is 1.90 bits per heavy atom. The van der Waals surface area contributed by atoms with Crippen molar-refractivity contribution < 1.29 is 13.2 Å². The first-order valence-corrected chi connectivity index (χ1v) is 8.43. The molecule has 21 heavy (non-hydrogen) atoms. The van der Waals surface area contributed by atoms with Crippen LogP contribution in [-0.2, 0) is 14.8 Å². The van der Waals surface area contributed by atoms with Crippen molar-refractivity contribution in [3.05, 3.63) is 18.2 Å². The second-order valence-electron chi connectivity index (χ2n) is 4.75. The normalized spacial score (nSPS) is 11.9. The number of hydrogen-bond donors (Lipinski definition) is 1. The maximum Gasteiger partial charge on any atom is 0.244 e. The maximum atomic E-state index is 12.3. The minimum absolute atomic E-state index is 0.139. The van der Waals surface area contributed by atoms with Gasteiger partial charge in [-0.15, -0.1) is 0 Å². The molecular formula is C14H25N3O3S. The fourth-order valence-corrected chi connectivity index (χ4v) is 3.02. The zero-order valence-electron chi connectivity index (χ0n) is 13.2. The molecule has 6 nitrogen and oxygen atoms in total. The number of para-hydroxylation sites is 1. The van der Waals surface area contributed by atoms with Gasteiger partial charge in [-0.05, 0) is 26.0 Å². The predicted octanol–water partition coefficient (Wildman–Crippen LogP) is 1.38. The van der Waals surface area contributed by atoms with E-state index in [4.69, 9.17) is 10.5 Å². The van der Waals surface area contributed by atoms with Gasteiger partial charge in [0.2, 0.25) is 10.0 Å². The molecule has 0 radical (unpaired) electrons. The number of benzene rings is 1. The van der Waals surface area contributed by atoms with Gasteiger partial charge in [0, 0.05) is 33.8 Å². The Morgan fingerprint density at radius 3 is 2.43 bits per heavy atom. The molecule has 0 heterocycles. The quantitative estimate of drug-likeness (QED) is 0.579. The molecule has 2 N–H and O–H groups in total. The summed E-state index contributed by atoms with van der Waals surface area (Å²) in [6, 6.07) is 5.08. The molecule has 0 saturated heterocycles. The van der Waals surface area contributed by atoms with Crippen LogP contribution in [0.1, 0.15) is 13.8 Å². The molecule has 120 valence electrons. The lowest BCUT2D eigenvalue weighted by Crippen LogP contribution is -2.29. The number of hydrogen-bond acceptors (Lipinski definition) is 5. The number of nitrogen functional groups attached to an aromatic ring is 1. The molecule has 1 aromatic carbocycles. The van der Waals surface area contributed by atoms with Crippen molar-refractivity contribution in [2.45, 2.75) is 18.7 Å². The lowest BCUT2D eigenvalue weighted by Gasteiger charge is -2.26. The van der Waals surface area contributed by atoms with Crippen molar-refractivity contribution in [1.29, 1.82) is 0 Å². The van der Waals surface area contributed by atoms with E-state index in [2.05, 4.69) is 0 Å². The second kappa shape index (κ2) is 7.63. The number of ether oxygens (including phenoxy) is 1. The zero-order chi connectivity index (χ0) is 16.0. The van der Waals surface area contributed by atoms with Crippen molar-refractivity contribution >= 4 is 21.4 Å². The molecule has 0 saturated carbocycles. The molecule has 0 fully saturated rings. The van der Waals surface area contributed by atoms with Gasteiger partial charge in [0.05, 0.1) is 18.0 Å². The van der Waals surface area contributed by atoms with Gasteiger partial charge in [0.15, 0.2) is 0 Å². The lowest BCUT2D eigenvalue weighted by molar-refractivity contribution is 0.154. The van der Waals surface area contributed by atoms with Crippen LogP contribution < -0.4 is 10.6 Å². The molecule has 1 rings (SSSR count). The minimum Gasteiger partial charge on any atom is -0.396 e. The molecule has 0 aliphatic heterocycles. The Morgan fingerprint density at radius 1 is 1.24 bits per heavy atom. The number of anilines is 2. The van der Waals surface area contributed by atoms with Gasteiger partial charge in [-0.2, -0.15) is 0 Å². The Balaban J connectivity index is 3.15. The number of likely N-dealkylation sites (N-methyl/N-ethyl adjacent to an activating group) is 1. The van der Waals surface area contributed by atoms with Crippen molar-refractivity contribution in [3.63, 3.8) is 0 Å². The van der Waals surface area contributed by atoms with Gasteiger partial charge in [0.1, 0.15) is 4.90 Å². The fraction of sp³-hybridized carbons (Fsp3) is 0.571. The molecule has 0 aliphatic carbocycles. The monoisotopic (exact) mass is 315 g/mol. The largest absolute Gasteiger partial charge is 0.396 e. The van der Waals surface area contributed by atoms with Gasteiger partial charge < -0.3 is 15.4 Å². The van der Waals surface area contributed by atoms with E-state index in [9.17, 15) is 8.42 Å². The third kappa shape index (κ3) is 4.09. The SMILES string of the molecule is CCOCCN(CC)c1cccc(S(=O)(=O)N(C)C)c1N. The molecule has 0 unspecified atom stereocenters. The molecule has 0 atom stereocenters. The minimum atomic E-state index is -3.55. The van der Waals surface area contributed by atoms with E-state index < -0.39 is 10.0 Å². The van der Waals surface area contributed by atoms with Crippen LogP contribution in [-0.4, -0.2) is 53.1 Å². The summed E-state index contributed by atoms with van der Waals surface area (Å²) in [5, 5.41) is 0. The van der Waals surface area contributed by atoms with Gasteiger partial charge in [0.25, 0.3) is 0 Å². The summed E-state index contributed by atoms with van der Waals surface area (Å²) >= 11 is 0. The fourth-order valence-electron chi connectivity index (χ4n) is 2.00. The summed E-state index contributed by atoms with van der Waals surface area (Å²) in [5.74, 6) is 0. The van der Waals surface area contributed by atoms with Crippen molar-refractivity contribution in [1.82, 2.24) is 4.31 Å². The predicted molar refractivity (Wildman–Crippen MR) is 86.1 cm³/mol. The highest BCUT2D eigenvalue weighted by molar-refractivity contribution is 7.89. The van der Waals surface area contributed by atoms with Gasteiger partial charge in [-0.1, -0.05) is 6.07 Å². The third-order valence-electron chi connectivity index (χ3n) is 3.23. The Bertz CT molecular complexity index is 559. The first-order valence-electron chi connectivity index (χ1n) is 6.99. The molecule has 1 aromatic rings. The Hall–Kier alpha value is -1.31. The van der Waals surface area contributed by atoms with Gasteiger partial charge in [-0.25, -0.2) is 12.7 Å². The molecular weight excluding hydrogens is 290 g/mol. The average Bonchev–Trinajstić information content (AvgIpc) is 2.44. The van der Waals surface area contributed by atoms with Crippen LogP contribution in [0.15, 0.2) is 23.1 Å². The third-order valence-corrected chi connectivity index (χ3v) is 5.11. The summed E-state index contributed by atoms with van der Waals surface area (Å²) in [7, 11) is -0.558. The van der Waals surface area contributed by atoms with Crippen LogP contribution in [0, 0.1) is 0 Å². The molecule has 0 bridgehead atoms. The summed E-state index contributed by atoms with van der Waals surface area (Å²) in [5.41, 5.74) is 7.10. The molecule has 7 heteroatoms. The first kappa shape index (κ1) is 17.7. The summed E-state index contributed by atoms with van der Waals surface area (Å²) in [4.78, 5) is 2.15. The van der Waals surface area contributed by atoms with Crippen LogP contribution in [0.2, 0.25) is 0 Å². The van der Waals surface area contributed by atoms with Crippen LogP contribution in [0.5, 0.6) is 0 Å². The number of nitrogens with two attached hydrogens (primary N) is 1. The first-order chi connectivity index (χ1) is 9.86. The van der Waals surface area contributed by atoms with E-state index in [1.807, 2.05) is 24.8 Å². The van der Waals surface area contributed by atoms with Crippen molar-refractivity contribution in [3.8, 4) is 0 Å². The highest BCUT2D eigenvalue weighted by Crippen LogP contribution is 2.30. The van der Waals surface area contributed by atoms with E-state index in [1.54, 1.807) is 6.07 Å². The van der Waals surface area contributed by atoms with Crippen LogP contribution in [0.4, 0.5) is 11.4 Å². The molecule has 0 aromatic heterocycles. The van der Waals surface area contributed by atoms with E-state index in [1.165, 1.54) is 24.5 Å². The molecule has 0 aliphatic rings. The number of rotatable bonds is 8. The van der Waals surface area contributed by atoms with Crippen molar-refractivity contribution in [2.75, 3.05) is 51.0 Å². The standard InChI is InChI=1S/C14H25N3O3S/c1-5-17(10-11-20-6-2)12-8-7-9-13(14(12)15)21(18,19)16(3)4/h7-9H,5-6,10-11,15H2,1-4H3. The second-order valence-corrected chi connectivity index (χ2v) is 6.87. The van der Waals surface area contributed by atoms with Gasteiger partial charge >= 0.3 is 0 Å². The van der Waals surface area contributed by atoms with Crippen molar-refractivity contribution in [2.24, 2.45) is 0 Å². The van der Waals surface area contributed by atoms with E-state index >= 15 is 0 Å². The molecule has 0 spiro atoms. The van der Waals surface area contributed by atoms with E-state index in [-0.39, 0.29) is 10.6 Å². The smallest absolute Gasteiger partial charge is 0.244 e. The summed E-state index contributed by atoms with van der Waals surface area (Å²) < 4.78 is 31.1. The summed E-state index contributed by atoms with van der Waals surface area (Å²) in [6.45, 7) is 6.56. The Labute approximate surface area is 127 Å². The highest BCUT2D eigenvalue weighted by atomic mass is 32.2. The van der Waals surface area contributed by atoms with Crippen LogP contribution in [0.25, 0.3) is 0 Å². The lowest BCUT2D eigenvalue weighted by atomic mass is 10.2. The highest BCUT2D eigenvalue weighted by Gasteiger charge is 2.23. The number of nitrogens with zero attached hydrogens (tertiary/aromatic N) is 2. The van der Waals surface area contributed by atoms with E-state index in [0.717, 1.165) is 12.2 Å². The van der Waals surface area contributed by atoms with E-state index in [0.29, 0.717) is 19.8 Å².